The predicted molar refractivity (Wildman–Crippen MR) is 95.5 cm³/mol. The highest BCUT2D eigenvalue weighted by Crippen LogP contribution is 2.31. The molecule has 0 saturated carbocycles. The van der Waals surface area contributed by atoms with Crippen molar-refractivity contribution in [2.24, 2.45) is 5.92 Å². The molecule has 1 aromatic carbocycles. The summed E-state index contributed by atoms with van der Waals surface area (Å²) in [6, 6.07) is 5.18. The van der Waals surface area contributed by atoms with E-state index in [1.807, 2.05) is 13.8 Å². The molecular weight excluding hydrogens is 344 g/mol. The molecule has 6 nitrogen and oxygen atoms in total. The molecule has 2 aromatic rings. The number of nitrogens with zero attached hydrogens (tertiary/aromatic N) is 2. The van der Waals surface area contributed by atoms with Gasteiger partial charge < -0.3 is 14.3 Å². The first-order valence-corrected chi connectivity index (χ1v) is 8.00. The Balaban J connectivity index is 2.37. The summed E-state index contributed by atoms with van der Waals surface area (Å²) in [6.07, 6.45) is 3.21. The number of aromatic nitrogens is 2. The molecule has 0 amide bonds. The molecule has 1 aromatic heterocycles. The van der Waals surface area contributed by atoms with Gasteiger partial charge in [-0.2, -0.15) is 0 Å². The maximum Gasteiger partial charge on any atom is 0.331 e. The maximum absolute atomic E-state index is 10.9. The minimum absolute atomic E-state index is 0.0746. The van der Waals surface area contributed by atoms with E-state index in [9.17, 15) is 4.79 Å². The van der Waals surface area contributed by atoms with Gasteiger partial charge in [-0.3, -0.25) is 0 Å². The van der Waals surface area contributed by atoms with Crippen LogP contribution >= 0.6 is 11.6 Å². The first-order valence-electron chi connectivity index (χ1n) is 7.63. The minimum atomic E-state index is -0.974. The molecule has 25 heavy (non-hydrogen) atoms. The number of benzene rings is 1. The number of methoxy groups -OCH3 is 1. The van der Waals surface area contributed by atoms with Crippen molar-refractivity contribution in [2.45, 2.75) is 20.8 Å². The Morgan fingerprint density at radius 1 is 1.32 bits per heavy atom. The van der Waals surface area contributed by atoms with Gasteiger partial charge >= 0.3 is 5.97 Å². The van der Waals surface area contributed by atoms with Crippen LogP contribution in [0.3, 0.4) is 0 Å². The highest BCUT2D eigenvalue weighted by atomic mass is 35.5. The van der Waals surface area contributed by atoms with Crippen LogP contribution in [0.2, 0.25) is 5.02 Å². The van der Waals surface area contributed by atoms with Gasteiger partial charge in [-0.05, 0) is 31.0 Å². The van der Waals surface area contributed by atoms with E-state index in [2.05, 4.69) is 10.2 Å². The first kappa shape index (κ1) is 18.7. The second-order valence-electron chi connectivity index (χ2n) is 5.69. The number of hydrogen-bond donors (Lipinski definition) is 1. The fourth-order valence-corrected chi connectivity index (χ4v) is 2.31. The standard InChI is InChI=1S/C18H19ClN2O4/c1-10(2)13(7-5-11(3)18(22)23)17-21-20-16(25-17)12-6-8-15(24-4)14(19)9-12/h5-10H,1-4H3,(H,22,23)/b11-5+,13-7+. The summed E-state index contributed by atoms with van der Waals surface area (Å²) >= 11 is 6.12. The van der Waals surface area contributed by atoms with Crippen LogP contribution in [0.25, 0.3) is 17.0 Å². The fourth-order valence-electron chi connectivity index (χ4n) is 2.05. The Labute approximate surface area is 150 Å². The second-order valence-corrected chi connectivity index (χ2v) is 6.10. The Morgan fingerprint density at radius 3 is 2.60 bits per heavy atom. The number of carbonyl (C=O) groups is 1. The Bertz CT molecular complexity index is 837. The number of allylic oxidation sites excluding steroid dienone is 3. The van der Waals surface area contributed by atoms with Crippen LogP contribution in [-0.2, 0) is 4.79 Å². The molecule has 0 fully saturated rings. The quantitative estimate of drug-likeness (QED) is 0.602. The molecular formula is C18H19ClN2O4. The number of carboxylic acids is 1. The molecule has 0 aliphatic rings. The van der Waals surface area contributed by atoms with Crippen molar-refractivity contribution in [1.29, 1.82) is 0 Å². The molecule has 0 radical (unpaired) electrons. The van der Waals surface area contributed by atoms with Gasteiger partial charge in [0.2, 0.25) is 11.8 Å². The van der Waals surface area contributed by atoms with E-state index < -0.39 is 5.97 Å². The van der Waals surface area contributed by atoms with E-state index in [4.69, 9.17) is 25.9 Å². The third-order valence-corrected chi connectivity index (χ3v) is 3.84. The zero-order chi connectivity index (χ0) is 18.6. The number of halogens is 1. The van der Waals surface area contributed by atoms with Crippen LogP contribution in [0.15, 0.2) is 40.3 Å². The molecule has 0 unspecified atom stereocenters. The van der Waals surface area contributed by atoms with E-state index >= 15 is 0 Å². The summed E-state index contributed by atoms with van der Waals surface area (Å²) in [5.74, 6) is 0.322. The van der Waals surface area contributed by atoms with Crippen molar-refractivity contribution in [1.82, 2.24) is 10.2 Å². The zero-order valence-corrected chi connectivity index (χ0v) is 15.2. The van der Waals surface area contributed by atoms with Crippen molar-refractivity contribution in [3.05, 3.63) is 46.8 Å². The highest BCUT2D eigenvalue weighted by molar-refractivity contribution is 6.32. The van der Waals surface area contributed by atoms with Gasteiger partial charge in [0.1, 0.15) is 5.75 Å². The molecule has 0 saturated heterocycles. The topological polar surface area (TPSA) is 85.5 Å². The summed E-state index contributed by atoms with van der Waals surface area (Å²) in [4.78, 5) is 10.9. The van der Waals surface area contributed by atoms with E-state index in [-0.39, 0.29) is 11.5 Å². The van der Waals surface area contributed by atoms with E-state index in [1.165, 1.54) is 20.1 Å². The molecule has 132 valence electrons. The van der Waals surface area contributed by atoms with E-state index in [1.54, 1.807) is 24.3 Å². The molecule has 0 aliphatic carbocycles. The van der Waals surface area contributed by atoms with Crippen molar-refractivity contribution in [3.8, 4) is 17.2 Å². The largest absolute Gasteiger partial charge is 0.495 e. The fraction of sp³-hybridized carbons (Fsp3) is 0.278. The Morgan fingerprint density at radius 2 is 2.04 bits per heavy atom. The highest BCUT2D eigenvalue weighted by Gasteiger charge is 2.16. The molecule has 7 heteroatoms. The van der Waals surface area contributed by atoms with Gasteiger partial charge in [-0.25, -0.2) is 4.79 Å². The van der Waals surface area contributed by atoms with E-state index in [0.717, 1.165) is 5.57 Å². The number of rotatable bonds is 6. The van der Waals surface area contributed by atoms with Crippen LogP contribution in [-0.4, -0.2) is 28.4 Å². The van der Waals surface area contributed by atoms with Crippen LogP contribution in [0.5, 0.6) is 5.75 Å². The smallest absolute Gasteiger partial charge is 0.331 e. The lowest BCUT2D eigenvalue weighted by molar-refractivity contribution is -0.132. The molecule has 2 rings (SSSR count). The van der Waals surface area contributed by atoms with Gasteiger partial charge in [0, 0.05) is 16.7 Å². The Kier molecular flexibility index (Phi) is 5.98. The van der Waals surface area contributed by atoms with Crippen LogP contribution < -0.4 is 4.74 Å². The molecule has 0 aliphatic heterocycles. The van der Waals surface area contributed by atoms with Crippen molar-refractivity contribution < 1.29 is 19.1 Å². The lowest BCUT2D eigenvalue weighted by atomic mass is 10.0. The van der Waals surface area contributed by atoms with Crippen molar-refractivity contribution in [3.63, 3.8) is 0 Å². The predicted octanol–water partition coefficient (Wildman–Crippen LogP) is 4.47. The maximum atomic E-state index is 10.9. The number of aliphatic carboxylic acids is 1. The molecule has 1 N–H and O–H groups in total. The zero-order valence-electron chi connectivity index (χ0n) is 14.4. The third kappa shape index (κ3) is 4.48. The van der Waals surface area contributed by atoms with Gasteiger partial charge in [0.05, 0.1) is 12.1 Å². The number of hydrogen-bond acceptors (Lipinski definition) is 5. The lowest BCUT2D eigenvalue weighted by Crippen LogP contribution is -1.97. The second kappa shape index (κ2) is 7.98. The van der Waals surface area contributed by atoms with Gasteiger partial charge in [-0.1, -0.05) is 37.6 Å². The molecule has 0 spiro atoms. The van der Waals surface area contributed by atoms with Crippen LogP contribution in [0.4, 0.5) is 0 Å². The van der Waals surface area contributed by atoms with Crippen molar-refractivity contribution >= 4 is 23.1 Å². The molecule has 0 atom stereocenters. The number of carboxylic acid groups (broad SMARTS) is 1. The minimum Gasteiger partial charge on any atom is -0.495 e. The molecule has 0 bridgehead atoms. The van der Waals surface area contributed by atoms with E-state index in [0.29, 0.717) is 28.1 Å². The summed E-state index contributed by atoms with van der Waals surface area (Å²) in [5.41, 5.74) is 1.64. The van der Waals surface area contributed by atoms with Gasteiger partial charge in [-0.15, -0.1) is 10.2 Å². The van der Waals surface area contributed by atoms with Crippen molar-refractivity contribution in [2.75, 3.05) is 7.11 Å². The molecule has 1 heterocycles. The third-order valence-electron chi connectivity index (χ3n) is 3.54. The summed E-state index contributed by atoms with van der Waals surface area (Å²) < 4.78 is 10.9. The van der Waals surface area contributed by atoms with Gasteiger partial charge in [0.15, 0.2) is 0 Å². The normalized spacial score (nSPS) is 12.6. The Hall–Kier alpha value is -2.60. The van der Waals surface area contributed by atoms with Crippen LogP contribution in [0, 0.1) is 5.92 Å². The number of ether oxygens (including phenoxy) is 1. The lowest BCUT2D eigenvalue weighted by Gasteiger charge is -2.06. The summed E-state index contributed by atoms with van der Waals surface area (Å²) in [7, 11) is 1.54. The summed E-state index contributed by atoms with van der Waals surface area (Å²) in [6.45, 7) is 5.45. The van der Waals surface area contributed by atoms with Crippen LogP contribution in [0.1, 0.15) is 26.7 Å². The average molecular weight is 363 g/mol. The van der Waals surface area contributed by atoms with Gasteiger partial charge in [0.25, 0.3) is 0 Å². The average Bonchev–Trinajstić information content (AvgIpc) is 3.04. The first-order chi connectivity index (χ1) is 11.8. The monoisotopic (exact) mass is 362 g/mol. The summed E-state index contributed by atoms with van der Waals surface area (Å²) in [5, 5.41) is 17.5. The SMILES string of the molecule is COc1ccc(-c2nnc(/C(=C/C=C(\C)C(=O)O)C(C)C)o2)cc1Cl.